The molecular weight excluding hydrogens is 296 g/mol. The summed E-state index contributed by atoms with van der Waals surface area (Å²) in [5.74, 6) is 0.503. The van der Waals surface area contributed by atoms with Gasteiger partial charge in [-0.25, -0.2) is 0 Å². The van der Waals surface area contributed by atoms with Gasteiger partial charge in [0.2, 0.25) is 11.7 Å². The SMILES string of the molecule is CC(=O)C(C)c1nc(-c2ccc(C)c(Br)c2)no1. The molecule has 4 nitrogen and oxygen atoms in total. The summed E-state index contributed by atoms with van der Waals surface area (Å²) in [7, 11) is 0. The van der Waals surface area contributed by atoms with Crippen molar-refractivity contribution in [1.82, 2.24) is 10.1 Å². The molecule has 0 N–H and O–H groups in total. The van der Waals surface area contributed by atoms with Gasteiger partial charge in [-0.1, -0.05) is 33.2 Å². The fourth-order valence-electron chi connectivity index (χ4n) is 1.43. The molecule has 5 heteroatoms. The number of carbonyl (C=O) groups is 1. The first-order valence-electron chi connectivity index (χ1n) is 5.59. The van der Waals surface area contributed by atoms with Gasteiger partial charge < -0.3 is 4.52 Å². The fourth-order valence-corrected chi connectivity index (χ4v) is 1.81. The molecule has 0 fully saturated rings. The second-order valence-corrected chi connectivity index (χ2v) is 5.11. The second-order valence-electron chi connectivity index (χ2n) is 4.25. The highest BCUT2D eigenvalue weighted by atomic mass is 79.9. The highest BCUT2D eigenvalue weighted by Gasteiger charge is 2.19. The van der Waals surface area contributed by atoms with Crippen LogP contribution in [0.5, 0.6) is 0 Å². The third-order valence-electron chi connectivity index (χ3n) is 2.85. The van der Waals surface area contributed by atoms with E-state index in [9.17, 15) is 4.79 Å². The van der Waals surface area contributed by atoms with Crippen molar-refractivity contribution in [2.45, 2.75) is 26.7 Å². The van der Waals surface area contributed by atoms with Gasteiger partial charge in [-0.05, 0) is 32.4 Å². The molecule has 0 aliphatic carbocycles. The number of carbonyl (C=O) groups excluding carboxylic acids is 1. The molecule has 1 atom stereocenters. The predicted octanol–water partition coefficient (Wildman–Crippen LogP) is 3.50. The van der Waals surface area contributed by atoms with Gasteiger partial charge in [0.05, 0.1) is 5.92 Å². The van der Waals surface area contributed by atoms with Crippen molar-refractivity contribution in [1.29, 1.82) is 0 Å². The molecule has 1 unspecified atom stereocenters. The number of Topliss-reactive ketones (excluding diaryl/α,β-unsaturated/α-hetero) is 1. The smallest absolute Gasteiger partial charge is 0.237 e. The molecule has 0 saturated carbocycles. The molecule has 0 bridgehead atoms. The minimum absolute atomic E-state index is 0.00952. The Bertz CT molecular complexity index is 592. The monoisotopic (exact) mass is 308 g/mol. The maximum Gasteiger partial charge on any atom is 0.237 e. The van der Waals surface area contributed by atoms with Crippen LogP contribution in [0.4, 0.5) is 0 Å². The van der Waals surface area contributed by atoms with Crippen molar-refractivity contribution < 1.29 is 9.32 Å². The van der Waals surface area contributed by atoms with Crippen LogP contribution in [0.1, 0.15) is 31.2 Å². The summed E-state index contributed by atoms with van der Waals surface area (Å²) in [6.07, 6.45) is 0. The number of nitrogens with zero attached hydrogens (tertiary/aromatic N) is 2. The van der Waals surface area contributed by atoms with Crippen molar-refractivity contribution in [2.24, 2.45) is 0 Å². The van der Waals surface area contributed by atoms with Gasteiger partial charge in [0.15, 0.2) is 0 Å². The van der Waals surface area contributed by atoms with Crippen molar-refractivity contribution >= 4 is 21.7 Å². The quantitative estimate of drug-likeness (QED) is 0.870. The molecule has 0 amide bonds. The van der Waals surface area contributed by atoms with Crippen LogP contribution in [0.25, 0.3) is 11.4 Å². The minimum Gasteiger partial charge on any atom is -0.338 e. The molecule has 0 radical (unpaired) electrons. The molecule has 18 heavy (non-hydrogen) atoms. The lowest BCUT2D eigenvalue weighted by Gasteiger charge is -2.00. The van der Waals surface area contributed by atoms with Crippen LogP contribution in [0.15, 0.2) is 27.2 Å². The number of benzene rings is 1. The Morgan fingerprint density at radius 2 is 2.17 bits per heavy atom. The number of rotatable bonds is 3. The predicted molar refractivity (Wildman–Crippen MR) is 71.3 cm³/mol. The Labute approximate surface area is 114 Å². The van der Waals surface area contributed by atoms with Crippen LogP contribution >= 0.6 is 15.9 Å². The molecule has 94 valence electrons. The second kappa shape index (κ2) is 5.02. The van der Waals surface area contributed by atoms with E-state index in [0.29, 0.717) is 11.7 Å². The normalized spacial score (nSPS) is 12.4. The van der Waals surface area contributed by atoms with Crippen LogP contribution in [0.2, 0.25) is 0 Å². The maximum atomic E-state index is 11.3. The Morgan fingerprint density at radius 1 is 1.44 bits per heavy atom. The van der Waals surface area contributed by atoms with E-state index < -0.39 is 0 Å². The Kier molecular flexibility index (Phi) is 3.61. The molecule has 1 aromatic carbocycles. The van der Waals surface area contributed by atoms with Gasteiger partial charge in [-0.2, -0.15) is 4.98 Å². The zero-order valence-electron chi connectivity index (χ0n) is 10.4. The van der Waals surface area contributed by atoms with E-state index in [1.54, 1.807) is 6.92 Å². The molecule has 1 aromatic heterocycles. The average Bonchev–Trinajstić information content (AvgIpc) is 2.81. The number of ketones is 1. The van der Waals surface area contributed by atoms with Gasteiger partial charge in [0.25, 0.3) is 0 Å². The Balaban J connectivity index is 2.35. The van der Waals surface area contributed by atoms with Gasteiger partial charge in [-0.15, -0.1) is 0 Å². The summed E-state index contributed by atoms with van der Waals surface area (Å²) in [6, 6.07) is 5.83. The Hall–Kier alpha value is -1.49. The average molecular weight is 309 g/mol. The fraction of sp³-hybridized carbons (Fsp3) is 0.308. The summed E-state index contributed by atoms with van der Waals surface area (Å²) in [5.41, 5.74) is 2.00. The third-order valence-corrected chi connectivity index (χ3v) is 3.71. The lowest BCUT2D eigenvalue weighted by Crippen LogP contribution is -2.04. The first-order valence-corrected chi connectivity index (χ1v) is 6.39. The van der Waals surface area contributed by atoms with Gasteiger partial charge in [0.1, 0.15) is 5.78 Å². The lowest BCUT2D eigenvalue weighted by molar-refractivity contribution is -0.118. The van der Waals surface area contributed by atoms with Gasteiger partial charge in [-0.3, -0.25) is 4.79 Å². The summed E-state index contributed by atoms with van der Waals surface area (Å²) >= 11 is 3.46. The van der Waals surface area contributed by atoms with E-state index in [4.69, 9.17) is 4.52 Å². The number of aromatic nitrogens is 2. The number of hydrogen-bond donors (Lipinski definition) is 0. The van der Waals surface area contributed by atoms with E-state index in [-0.39, 0.29) is 11.7 Å². The maximum absolute atomic E-state index is 11.3. The van der Waals surface area contributed by atoms with Crippen LogP contribution in [-0.2, 0) is 4.79 Å². The molecule has 2 rings (SSSR count). The van der Waals surface area contributed by atoms with Crippen LogP contribution in [0.3, 0.4) is 0 Å². The third kappa shape index (κ3) is 2.51. The molecule has 0 saturated heterocycles. The van der Waals surface area contributed by atoms with E-state index in [1.807, 2.05) is 25.1 Å². The highest BCUT2D eigenvalue weighted by Crippen LogP contribution is 2.25. The number of halogens is 1. The first kappa shape index (κ1) is 13.0. The highest BCUT2D eigenvalue weighted by molar-refractivity contribution is 9.10. The zero-order valence-corrected chi connectivity index (χ0v) is 12.0. The van der Waals surface area contributed by atoms with Crippen LogP contribution in [0, 0.1) is 6.92 Å². The minimum atomic E-state index is -0.361. The first-order chi connectivity index (χ1) is 8.49. The Morgan fingerprint density at radius 3 is 2.78 bits per heavy atom. The standard InChI is InChI=1S/C13H13BrN2O2/c1-7-4-5-10(6-11(7)14)12-15-13(18-16-12)8(2)9(3)17/h4-6,8H,1-3H3. The van der Waals surface area contributed by atoms with E-state index in [0.717, 1.165) is 15.6 Å². The van der Waals surface area contributed by atoms with Gasteiger partial charge >= 0.3 is 0 Å². The summed E-state index contributed by atoms with van der Waals surface area (Å²) < 4.78 is 6.11. The number of hydrogen-bond acceptors (Lipinski definition) is 4. The zero-order chi connectivity index (χ0) is 13.3. The molecule has 2 aromatic rings. The molecule has 1 heterocycles. The molecule has 0 aliphatic rings. The molecule has 0 aliphatic heterocycles. The van der Waals surface area contributed by atoms with Gasteiger partial charge in [0, 0.05) is 10.0 Å². The van der Waals surface area contributed by atoms with Crippen molar-refractivity contribution in [3.63, 3.8) is 0 Å². The van der Waals surface area contributed by atoms with E-state index >= 15 is 0 Å². The van der Waals surface area contributed by atoms with Crippen molar-refractivity contribution in [3.05, 3.63) is 34.1 Å². The van der Waals surface area contributed by atoms with Crippen molar-refractivity contribution in [2.75, 3.05) is 0 Å². The van der Waals surface area contributed by atoms with Crippen LogP contribution < -0.4 is 0 Å². The van der Waals surface area contributed by atoms with Crippen molar-refractivity contribution in [3.8, 4) is 11.4 Å². The van der Waals surface area contributed by atoms with E-state index in [2.05, 4.69) is 26.1 Å². The largest absolute Gasteiger partial charge is 0.338 e. The summed E-state index contributed by atoms with van der Waals surface area (Å²) in [5, 5.41) is 3.90. The number of aryl methyl sites for hydroxylation is 1. The summed E-state index contributed by atoms with van der Waals surface area (Å²) in [4.78, 5) is 15.5. The topological polar surface area (TPSA) is 56.0 Å². The van der Waals surface area contributed by atoms with Crippen LogP contribution in [-0.4, -0.2) is 15.9 Å². The molecule has 0 spiro atoms. The van der Waals surface area contributed by atoms with E-state index in [1.165, 1.54) is 6.92 Å². The lowest BCUT2D eigenvalue weighted by atomic mass is 10.1. The summed E-state index contributed by atoms with van der Waals surface area (Å²) in [6.45, 7) is 5.27. The molecular formula is C13H13BrN2O2.